The third-order valence-electron chi connectivity index (χ3n) is 9.90. The molecule has 0 spiro atoms. The molecule has 0 aliphatic heterocycles. The first-order chi connectivity index (χ1) is 26.2. The SMILES string of the molecule is COc1cccc(C(N)=NC(=NCc2ccccc2)c2ccc3c(ccc4ccccc43)c2)c1-c1ccccc1-c1cccc2c1oc1ccccc12. The Hall–Kier alpha value is -6.98. The third kappa shape index (κ3) is 5.88. The summed E-state index contributed by atoms with van der Waals surface area (Å²) >= 11 is 0. The number of methoxy groups -OCH3 is 1. The second-order valence-electron chi connectivity index (χ2n) is 13.1. The van der Waals surface area contributed by atoms with Crippen LogP contribution in [-0.4, -0.2) is 18.8 Å². The first-order valence-corrected chi connectivity index (χ1v) is 17.7. The van der Waals surface area contributed by atoms with Crippen LogP contribution in [0, 0.1) is 0 Å². The quantitative estimate of drug-likeness (QED) is 0.103. The average Bonchev–Trinajstić information content (AvgIpc) is 3.61. The van der Waals surface area contributed by atoms with Gasteiger partial charge in [-0.3, -0.25) is 4.99 Å². The standard InChI is InChI=1S/C48H35N3O2/c1-52-44-24-12-22-42(45(44)39-19-8-7-17-37(39)40-20-11-21-41-38-18-9-10-23-43(38)53-46(40)41)47(49)51-48(50-30-31-13-3-2-4-14-31)34-27-28-36-33(29-34)26-25-32-15-5-6-16-35(32)36/h2-29H,30H2,1H3,(H2,49,50,51). The van der Waals surface area contributed by atoms with E-state index in [0.29, 0.717) is 24.0 Å². The minimum atomic E-state index is 0.334. The molecular formula is C48H35N3O2. The van der Waals surface area contributed by atoms with Crippen LogP contribution in [0.3, 0.4) is 0 Å². The summed E-state index contributed by atoms with van der Waals surface area (Å²) in [6.45, 7) is 0.456. The number of para-hydroxylation sites is 2. The number of hydrogen-bond acceptors (Lipinski definition) is 3. The highest BCUT2D eigenvalue weighted by molar-refractivity contribution is 6.17. The number of hydrogen-bond donors (Lipinski definition) is 1. The van der Waals surface area contributed by atoms with Crippen LogP contribution in [0.2, 0.25) is 0 Å². The van der Waals surface area contributed by atoms with Gasteiger partial charge in [-0.25, -0.2) is 4.99 Å². The van der Waals surface area contributed by atoms with Crippen molar-refractivity contribution in [2.75, 3.05) is 7.11 Å². The lowest BCUT2D eigenvalue weighted by Crippen LogP contribution is -2.18. The summed E-state index contributed by atoms with van der Waals surface area (Å²) in [5.41, 5.74) is 15.2. The fraction of sp³-hybridized carbons (Fsp3) is 0.0417. The lowest BCUT2D eigenvalue weighted by Gasteiger charge is -2.18. The van der Waals surface area contributed by atoms with E-state index in [4.69, 9.17) is 24.9 Å². The van der Waals surface area contributed by atoms with E-state index in [9.17, 15) is 0 Å². The second kappa shape index (κ2) is 13.6. The Morgan fingerprint density at radius 3 is 2.13 bits per heavy atom. The van der Waals surface area contributed by atoms with Crippen molar-refractivity contribution in [2.45, 2.75) is 6.54 Å². The topological polar surface area (TPSA) is 73.1 Å². The molecule has 2 N–H and O–H groups in total. The van der Waals surface area contributed by atoms with Gasteiger partial charge in [-0.1, -0.05) is 152 Å². The molecule has 254 valence electrons. The molecule has 53 heavy (non-hydrogen) atoms. The molecule has 0 fully saturated rings. The summed E-state index contributed by atoms with van der Waals surface area (Å²) in [5.74, 6) is 1.57. The van der Waals surface area contributed by atoms with Crippen molar-refractivity contribution in [3.63, 3.8) is 0 Å². The van der Waals surface area contributed by atoms with Gasteiger partial charge in [0.2, 0.25) is 0 Å². The highest BCUT2D eigenvalue weighted by atomic mass is 16.5. The zero-order chi connectivity index (χ0) is 35.7. The maximum absolute atomic E-state index is 7.08. The molecule has 1 aromatic heterocycles. The summed E-state index contributed by atoms with van der Waals surface area (Å²) in [6, 6.07) is 58.0. The predicted octanol–water partition coefficient (Wildman–Crippen LogP) is 11.6. The summed E-state index contributed by atoms with van der Waals surface area (Å²) in [6.07, 6.45) is 0. The van der Waals surface area contributed by atoms with Gasteiger partial charge in [-0.2, -0.15) is 0 Å². The van der Waals surface area contributed by atoms with E-state index in [0.717, 1.165) is 66.3 Å². The Labute approximate surface area is 307 Å². The van der Waals surface area contributed by atoms with E-state index in [1.807, 2.05) is 66.7 Å². The van der Waals surface area contributed by atoms with E-state index in [1.54, 1.807) is 7.11 Å². The summed E-state index contributed by atoms with van der Waals surface area (Å²) in [7, 11) is 1.68. The van der Waals surface area contributed by atoms with E-state index in [1.165, 1.54) is 16.2 Å². The predicted molar refractivity (Wildman–Crippen MR) is 220 cm³/mol. The molecule has 0 saturated heterocycles. The van der Waals surface area contributed by atoms with Crippen molar-refractivity contribution >= 4 is 55.2 Å². The molecule has 0 amide bonds. The van der Waals surface area contributed by atoms with Crippen molar-refractivity contribution < 1.29 is 9.15 Å². The highest BCUT2D eigenvalue weighted by Crippen LogP contribution is 2.43. The van der Waals surface area contributed by atoms with E-state index < -0.39 is 0 Å². The number of ether oxygens (including phenoxy) is 1. The molecule has 0 aliphatic carbocycles. The van der Waals surface area contributed by atoms with Crippen LogP contribution < -0.4 is 10.5 Å². The molecule has 8 aromatic carbocycles. The summed E-state index contributed by atoms with van der Waals surface area (Å²) in [4.78, 5) is 10.2. The molecule has 9 rings (SSSR count). The van der Waals surface area contributed by atoms with Crippen LogP contribution in [0.1, 0.15) is 16.7 Å². The molecule has 0 saturated carbocycles. The number of nitrogens with zero attached hydrogens (tertiary/aromatic N) is 2. The molecule has 0 aliphatic rings. The summed E-state index contributed by atoms with van der Waals surface area (Å²) < 4.78 is 12.5. The van der Waals surface area contributed by atoms with Crippen LogP contribution in [-0.2, 0) is 6.54 Å². The maximum atomic E-state index is 7.08. The van der Waals surface area contributed by atoms with Gasteiger partial charge in [0.15, 0.2) is 5.84 Å². The van der Waals surface area contributed by atoms with Gasteiger partial charge >= 0.3 is 0 Å². The molecule has 1 heterocycles. The van der Waals surface area contributed by atoms with Crippen LogP contribution in [0.15, 0.2) is 184 Å². The number of benzene rings is 8. The van der Waals surface area contributed by atoms with Gasteiger partial charge in [-0.15, -0.1) is 0 Å². The lowest BCUT2D eigenvalue weighted by molar-refractivity contribution is 0.416. The maximum Gasteiger partial charge on any atom is 0.157 e. The van der Waals surface area contributed by atoms with Crippen LogP contribution in [0.25, 0.3) is 65.7 Å². The molecule has 0 bridgehead atoms. The Balaban J connectivity index is 1.20. The van der Waals surface area contributed by atoms with Gasteiger partial charge in [-0.05, 0) is 56.4 Å². The smallest absolute Gasteiger partial charge is 0.157 e. The molecule has 0 atom stereocenters. The zero-order valence-corrected chi connectivity index (χ0v) is 29.2. The Kier molecular flexibility index (Phi) is 8.22. The van der Waals surface area contributed by atoms with Gasteiger partial charge in [0, 0.05) is 33.0 Å². The zero-order valence-electron chi connectivity index (χ0n) is 29.2. The normalized spacial score (nSPS) is 12.2. The highest BCUT2D eigenvalue weighted by Gasteiger charge is 2.21. The Morgan fingerprint density at radius 1 is 0.585 bits per heavy atom. The Morgan fingerprint density at radius 2 is 1.26 bits per heavy atom. The fourth-order valence-corrected chi connectivity index (χ4v) is 7.36. The van der Waals surface area contributed by atoms with Crippen LogP contribution in [0.5, 0.6) is 5.75 Å². The molecule has 5 heteroatoms. The minimum Gasteiger partial charge on any atom is -0.496 e. The van der Waals surface area contributed by atoms with Crippen molar-refractivity contribution in [3.05, 3.63) is 187 Å². The van der Waals surface area contributed by atoms with Crippen LogP contribution in [0.4, 0.5) is 0 Å². The van der Waals surface area contributed by atoms with E-state index in [-0.39, 0.29) is 0 Å². The fourth-order valence-electron chi connectivity index (χ4n) is 7.36. The first-order valence-electron chi connectivity index (χ1n) is 17.7. The third-order valence-corrected chi connectivity index (χ3v) is 9.90. The van der Waals surface area contributed by atoms with Gasteiger partial charge in [0.25, 0.3) is 0 Å². The van der Waals surface area contributed by atoms with Crippen molar-refractivity contribution in [2.24, 2.45) is 15.7 Å². The van der Waals surface area contributed by atoms with Crippen molar-refractivity contribution in [3.8, 4) is 28.0 Å². The van der Waals surface area contributed by atoms with E-state index >= 15 is 0 Å². The van der Waals surface area contributed by atoms with Gasteiger partial charge < -0.3 is 14.9 Å². The molecule has 0 radical (unpaired) electrons. The first kappa shape index (κ1) is 32.0. The number of aliphatic imine (C=N–C) groups is 2. The molecule has 5 nitrogen and oxygen atoms in total. The second-order valence-corrected chi connectivity index (χ2v) is 13.1. The van der Waals surface area contributed by atoms with Gasteiger partial charge in [0.05, 0.1) is 13.7 Å². The number of amidine groups is 2. The van der Waals surface area contributed by atoms with Crippen molar-refractivity contribution in [1.82, 2.24) is 0 Å². The number of nitrogens with two attached hydrogens (primary N) is 1. The minimum absolute atomic E-state index is 0.334. The number of fused-ring (bicyclic) bond motifs is 6. The van der Waals surface area contributed by atoms with Crippen molar-refractivity contribution in [1.29, 1.82) is 0 Å². The Bertz CT molecular complexity index is 2870. The number of rotatable bonds is 7. The molecule has 0 unspecified atom stereocenters. The summed E-state index contributed by atoms with van der Waals surface area (Å²) in [5, 5.41) is 6.85. The van der Waals surface area contributed by atoms with E-state index in [2.05, 4.69) is 103 Å². The molecular weight excluding hydrogens is 651 g/mol. The molecule has 9 aromatic rings. The number of furan rings is 1. The lowest BCUT2D eigenvalue weighted by atomic mass is 9.90. The average molecular weight is 686 g/mol. The van der Waals surface area contributed by atoms with Gasteiger partial charge in [0.1, 0.15) is 22.8 Å². The largest absolute Gasteiger partial charge is 0.496 e. The monoisotopic (exact) mass is 685 g/mol. The van der Waals surface area contributed by atoms with Crippen LogP contribution >= 0.6 is 0 Å².